The molecule has 134 valence electrons. The Morgan fingerprint density at radius 3 is 2.54 bits per heavy atom. The van der Waals surface area contributed by atoms with Gasteiger partial charge in [0.2, 0.25) is 0 Å². The Labute approximate surface area is 158 Å². The minimum atomic E-state index is -0.912. The SMILES string of the molecule is N#CCCN(C(=O)COC(=O)c1nc(Cl)ccc1Cl)c1ccc(F)cc1. The van der Waals surface area contributed by atoms with Gasteiger partial charge < -0.3 is 9.64 Å². The van der Waals surface area contributed by atoms with Crippen molar-refractivity contribution >= 4 is 40.8 Å². The molecule has 0 atom stereocenters. The van der Waals surface area contributed by atoms with Crippen molar-refractivity contribution in [3.05, 3.63) is 58.1 Å². The molecule has 0 bridgehead atoms. The first-order valence-electron chi connectivity index (χ1n) is 7.34. The maximum atomic E-state index is 13.1. The van der Waals surface area contributed by atoms with Gasteiger partial charge in [-0.15, -0.1) is 0 Å². The summed E-state index contributed by atoms with van der Waals surface area (Å²) < 4.78 is 18.0. The molecule has 0 saturated heterocycles. The lowest BCUT2D eigenvalue weighted by atomic mass is 10.2. The van der Waals surface area contributed by atoms with E-state index in [0.717, 1.165) is 0 Å². The van der Waals surface area contributed by atoms with Gasteiger partial charge in [-0.3, -0.25) is 4.79 Å². The summed E-state index contributed by atoms with van der Waals surface area (Å²) in [5.74, 6) is -1.96. The molecule has 1 amide bonds. The molecular weight excluding hydrogens is 384 g/mol. The molecule has 1 aromatic carbocycles. The van der Waals surface area contributed by atoms with E-state index in [-0.39, 0.29) is 28.8 Å². The number of hydrogen-bond acceptors (Lipinski definition) is 5. The standard InChI is InChI=1S/C17H12Cl2FN3O3/c18-13-6-7-14(19)22-16(13)17(25)26-10-15(24)23(9-1-8-21)12-4-2-11(20)3-5-12/h2-7H,1,9-10H2. The molecule has 0 radical (unpaired) electrons. The zero-order valence-electron chi connectivity index (χ0n) is 13.3. The number of carbonyl (C=O) groups excluding carboxylic acids is 2. The minimum Gasteiger partial charge on any atom is -0.451 e. The number of ether oxygens (including phenoxy) is 1. The summed E-state index contributed by atoms with van der Waals surface area (Å²) >= 11 is 11.6. The Morgan fingerprint density at radius 2 is 1.88 bits per heavy atom. The monoisotopic (exact) mass is 395 g/mol. The van der Waals surface area contributed by atoms with Crippen LogP contribution in [0.5, 0.6) is 0 Å². The number of nitrogens with zero attached hydrogens (tertiary/aromatic N) is 3. The Balaban J connectivity index is 2.09. The summed E-state index contributed by atoms with van der Waals surface area (Å²) in [5, 5.41) is 8.83. The first-order chi connectivity index (χ1) is 12.4. The number of rotatable bonds is 6. The van der Waals surface area contributed by atoms with Crippen molar-refractivity contribution in [1.29, 1.82) is 5.26 Å². The van der Waals surface area contributed by atoms with Crippen molar-refractivity contribution in [2.75, 3.05) is 18.1 Å². The van der Waals surface area contributed by atoms with E-state index in [1.54, 1.807) is 0 Å². The summed E-state index contributed by atoms with van der Waals surface area (Å²) in [6.07, 6.45) is 0.0543. The number of carbonyl (C=O) groups is 2. The molecule has 1 aromatic heterocycles. The minimum absolute atomic E-state index is 0.0340. The number of hydrogen-bond donors (Lipinski definition) is 0. The van der Waals surface area contributed by atoms with Gasteiger partial charge in [0.1, 0.15) is 11.0 Å². The van der Waals surface area contributed by atoms with Gasteiger partial charge in [-0.05, 0) is 36.4 Å². The lowest BCUT2D eigenvalue weighted by Gasteiger charge is -2.21. The van der Waals surface area contributed by atoms with Gasteiger partial charge >= 0.3 is 5.97 Å². The third kappa shape index (κ3) is 5.15. The molecule has 26 heavy (non-hydrogen) atoms. The maximum absolute atomic E-state index is 13.1. The van der Waals surface area contributed by atoms with Gasteiger partial charge in [-0.2, -0.15) is 5.26 Å². The largest absolute Gasteiger partial charge is 0.451 e. The zero-order chi connectivity index (χ0) is 19.1. The van der Waals surface area contributed by atoms with Gasteiger partial charge in [0.15, 0.2) is 12.3 Å². The third-order valence-corrected chi connectivity index (χ3v) is 3.73. The van der Waals surface area contributed by atoms with E-state index in [0.29, 0.717) is 5.69 Å². The molecule has 0 fully saturated rings. The lowest BCUT2D eigenvalue weighted by Crippen LogP contribution is -2.35. The fraction of sp³-hybridized carbons (Fsp3) is 0.176. The number of halogens is 3. The number of amides is 1. The van der Waals surface area contributed by atoms with Crippen LogP contribution in [0.2, 0.25) is 10.2 Å². The molecule has 2 rings (SSSR count). The van der Waals surface area contributed by atoms with Gasteiger partial charge in [0, 0.05) is 12.2 Å². The molecule has 9 heteroatoms. The average molecular weight is 396 g/mol. The van der Waals surface area contributed by atoms with E-state index in [2.05, 4.69) is 4.98 Å². The van der Waals surface area contributed by atoms with Crippen LogP contribution in [0.15, 0.2) is 36.4 Å². The van der Waals surface area contributed by atoms with Crippen molar-refractivity contribution in [3.8, 4) is 6.07 Å². The number of anilines is 1. The highest BCUT2D eigenvalue weighted by Crippen LogP contribution is 2.19. The van der Waals surface area contributed by atoms with Crippen molar-refractivity contribution < 1.29 is 18.7 Å². The summed E-state index contributed by atoms with van der Waals surface area (Å²) in [6.45, 7) is -0.541. The van der Waals surface area contributed by atoms with E-state index >= 15 is 0 Å². The first-order valence-corrected chi connectivity index (χ1v) is 8.10. The predicted molar refractivity (Wildman–Crippen MR) is 93.5 cm³/mol. The van der Waals surface area contributed by atoms with Crippen molar-refractivity contribution in [2.24, 2.45) is 0 Å². The Kier molecular flexibility index (Phi) is 6.89. The molecule has 0 N–H and O–H groups in total. The van der Waals surface area contributed by atoms with E-state index in [1.165, 1.54) is 41.3 Å². The maximum Gasteiger partial charge on any atom is 0.359 e. The zero-order valence-corrected chi connectivity index (χ0v) is 14.8. The van der Waals surface area contributed by atoms with Crippen LogP contribution in [0.25, 0.3) is 0 Å². The predicted octanol–water partition coefficient (Wildman–Crippen LogP) is 3.63. The molecular formula is C17H12Cl2FN3O3. The van der Waals surface area contributed by atoms with Crippen LogP contribution in [0.4, 0.5) is 10.1 Å². The first kappa shape index (κ1) is 19.6. The fourth-order valence-corrected chi connectivity index (χ4v) is 2.35. The van der Waals surface area contributed by atoms with Crippen LogP contribution in [-0.4, -0.2) is 30.0 Å². The van der Waals surface area contributed by atoms with Gasteiger partial charge in [-0.1, -0.05) is 23.2 Å². The quantitative estimate of drug-likeness (QED) is 0.550. The number of benzene rings is 1. The highest BCUT2D eigenvalue weighted by Gasteiger charge is 2.20. The van der Waals surface area contributed by atoms with Crippen LogP contribution in [-0.2, 0) is 9.53 Å². The Morgan fingerprint density at radius 1 is 1.19 bits per heavy atom. The fourth-order valence-electron chi connectivity index (χ4n) is 2.02. The highest BCUT2D eigenvalue weighted by molar-refractivity contribution is 6.34. The molecule has 0 aliphatic heterocycles. The normalized spacial score (nSPS) is 10.1. The van der Waals surface area contributed by atoms with Crippen molar-refractivity contribution in [3.63, 3.8) is 0 Å². The Bertz CT molecular complexity index is 853. The van der Waals surface area contributed by atoms with Crippen LogP contribution in [0.1, 0.15) is 16.9 Å². The molecule has 0 spiro atoms. The van der Waals surface area contributed by atoms with Gasteiger partial charge in [-0.25, -0.2) is 14.2 Å². The molecule has 0 aliphatic carbocycles. The van der Waals surface area contributed by atoms with E-state index in [4.69, 9.17) is 33.2 Å². The topological polar surface area (TPSA) is 83.3 Å². The molecule has 0 saturated carbocycles. The van der Waals surface area contributed by atoms with Crippen LogP contribution >= 0.6 is 23.2 Å². The molecule has 0 unspecified atom stereocenters. The summed E-state index contributed by atoms with van der Waals surface area (Å²) in [6, 6.07) is 9.86. The molecule has 1 heterocycles. The number of nitriles is 1. The van der Waals surface area contributed by atoms with Crippen LogP contribution < -0.4 is 4.90 Å². The second kappa shape index (κ2) is 9.13. The summed E-state index contributed by atoms with van der Waals surface area (Å²) in [4.78, 5) is 29.4. The van der Waals surface area contributed by atoms with Crippen molar-refractivity contribution in [2.45, 2.75) is 6.42 Å². The van der Waals surface area contributed by atoms with E-state index < -0.39 is 24.3 Å². The van der Waals surface area contributed by atoms with E-state index in [9.17, 15) is 14.0 Å². The number of aromatic nitrogens is 1. The van der Waals surface area contributed by atoms with Crippen LogP contribution in [0.3, 0.4) is 0 Å². The second-order valence-electron chi connectivity index (χ2n) is 4.97. The van der Waals surface area contributed by atoms with Gasteiger partial charge in [0.25, 0.3) is 5.91 Å². The molecule has 0 aliphatic rings. The van der Waals surface area contributed by atoms with E-state index in [1.807, 2.05) is 6.07 Å². The van der Waals surface area contributed by atoms with Crippen LogP contribution in [0, 0.1) is 17.1 Å². The average Bonchev–Trinajstić information content (AvgIpc) is 2.63. The molecule has 6 nitrogen and oxygen atoms in total. The smallest absolute Gasteiger partial charge is 0.359 e. The summed E-state index contributed by atoms with van der Waals surface area (Å²) in [7, 11) is 0. The number of esters is 1. The number of pyridine rings is 1. The Hall–Kier alpha value is -2.69. The molecule has 2 aromatic rings. The summed E-state index contributed by atoms with van der Waals surface area (Å²) in [5.41, 5.74) is 0.166. The van der Waals surface area contributed by atoms with Crippen molar-refractivity contribution in [1.82, 2.24) is 4.98 Å². The lowest BCUT2D eigenvalue weighted by molar-refractivity contribution is -0.121. The third-order valence-electron chi connectivity index (χ3n) is 3.22. The second-order valence-corrected chi connectivity index (χ2v) is 5.76. The van der Waals surface area contributed by atoms with Gasteiger partial charge in [0.05, 0.1) is 17.5 Å². The highest BCUT2D eigenvalue weighted by atomic mass is 35.5.